The molecule has 2 fully saturated rings. The fraction of sp³-hybridized carbons (Fsp3) is 0.877. The Bertz CT molecular complexity index is 2240. The average Bonchev–Trinajstić information content (AvgIpc) is 0.770. The van der Waals surface area contributed by atoms with Gasteiger partial charge in [-0.2, -0.15) is 0 Å². The summed E-state index contributed by atoms with van der Waals surface area (Å²) >= 11 is 0. The summed E-state index contributed by atoms with van der Waals surface area (Å²) in [6.45, 7) is 19.6. The zero-order valence-electron chi connectivity index (χ0n) is 59.8. The minimum atomic E-state index is -2.24. The van der Waals surface area contributed by atoms with Gasteiger partial charge in [-0.1, -0.05) is 117 Å². The van der Waals surface area contributed by atoms with Gasteiger partial charge in [0, 0.05) is 42.9 Å². The molecule has 556 valence electrons. The third-order valence-corrected chi connectivity index (χ3v) is 21.2. The van der Waals surface area contributed by atoms with Crippen molar-refractivity contribution in [2.75, 3.05) is 14.1 Å². The van der Waals surface area contributed by atoms with E-state index >= 15 is 0 Å². The molecule has 22 heteroatoms. The van der Waals surface area contributed by atoms with Crippen LogP contribution in [0.15, 0.2) is 47.6 Å². The number of carbonyl (C=O) groups is 1. The van der Waals surface area contributed by atoms with E-state index in [-0.39, 0.29) is 82.0 Å². The van der Waals surface area contributed by atoms with Gasteiger partial charge in [0.05, 0.1) is 116 Å². The molecule has 3 aliphatic rings. The first-order valence-electron chi connectivity index (χ1n) is 36.0. The van der Waals surface area contributed by atoms with Crippen LogP contribution in [-0.2, 0) is 23.7 Å². The average molecular weight is 1360 g/mol. The molecule has 29 unspecified atom stereocenters. The quantitative estimate of drug-likeness (QED) is 0.0806. The summed E-state index contributed by atoms with van der Waals surface area (Å²) < 4.78 is 24.6. The highest BCUT2D eigenvalue weighted by Crippen LogP contribution is 2.42. The Morgan fingerprint density at radius 3 is 1.86 bits per heavy atom. The second-order valence-corrected chi connectivity index (χ2v) is 29.6. The van der Waals surface area contributed by atoms with Crippen molar-refractivity contribution in [1.82, 2.24) is 4.90 Å². The van der Waals surface area contributed by atoms with Gasteiger partial charge in [0.15, 0.2) is 12.1 Å². The Hall–Kier alpha value is -2.37. The lowest BCUT2D eigenvalue weighted by Gasteiger charge is -2.50. The first kappa shape index (κ1) is 86.8. The molecule has 0 radical (unpaired) electrons. The molecule has 29 atom stereocenters. The normalized spacial score (nSPS) is 42.9. The minimum absolute atomic E-state index is 0.00416. The first-order valence-corrected chi connectivity index (χ1v) is 36.0. The highest BCUT2D eigenvalue weighted by Gasteiger charge is 2.53. The van der Waals surface area contributed by atoms with Crippen LogP contribution in [0.25, 0.3) is 0 Å². The number of allylic oxidation sites excluding steroid dienone is 2. The molecule has 0 aromatic rings. The number of carbonyl (C=O) groups excluding carboxylic acids is 1. The van der Waals surface area contributed by atoms with Crippen molar-refractivity contribution in [3.63, 3.8) is 0 Å². The van der Waals surface area contributed by atoms with E-state index in [0.717, 1.165) is 25.7 Å². The van der Waals surface area contributed by atoms with Gasteiger partial charge in [0.25, 0.3) is 0 Å². The second kappa shape index (κ2) is 43.4. The molecule has 3 aliphatic heterocycles. The molecule has 0 aromatic carbocycles. The molecule has 0 aromatic heterocycles. The number of cyclic esters (lactones) is 1. The standard InChI is InChI=1S/C73H133NO21/c1-14-15-16-17-24-52-35-45(5)63(85)38-54(76)26-21-28-59(81)48(8)58(80)27-19-18-22-44(4)68(87)49(9)64-40-65(94-72-71(90)67(74(12)13)69(88)51(11)93-72)50(10)73(91,95-64)41-66(86)92-46(6)30-31-55(77)36-53(75)25-20-23-42(2)47(7)60(82)33-29-43(3)62(84)39-57(79)37-56(78)32-34-61(83)70(52)89/h18-19,22,30-31,35,42-43,46-65,67-72,75-85,87-91H,14-17,20-21,23-29,32-34,36-41H2,1-13H3. The molecule has 0 aliphatic carbocycles. The maximum Gasteiger partial charge on any atom is 0.311 e. The zero-order valence-corrected chi connectivity index (χ0v) is 59.8. The van der Waals surface area contributed by atoms with E-state index in [1.807, 2.05) is 20.8 Å². The Morgan fingerprint density at radius 2 is 1.21 bits per heavy atom. The summed E-state index contributed by atoms with van der Waals surface area (Å²) in [6.07, 6.45) is -3.27. The van der Waals surface area contributed by atoms with Gasteiger partial charge in [0.2, 0.25) is 0 Å². The SMILES string of the molecule is CCCCCCC1C=C(C)C(O)CC(O)CCCC(O)C(C)C(O)CC=CC=C(C)C(O)C(C)C2CC(OC3OC(C)C(O)C(N(C)C)C3O)C(C)C(O)(CC(=O)OC(C)C=CC(O)CC(O)CCCC(C)C(C)C(O)CCC(C)C(O)CC(O)CC(O)CCC(O)C1O)O2. The number of ether oxygens (including phenoxy) is 4. The van der Waals surface area contributed by atoms with Crippen LogP contribution in [0, 0.1) is 41.4 Å². The number of hydrogen-bond donors (Lipinski definition) is 16. The van der Waals surface area contributed by atoms with Crippen LogP contribution in [0.1, 0.15) is 217 Å². The van der Waals surface area contributed by atoms with Crippen molar-refractivity contribution >= 4 is 5.97 Å². The summed E-state index contributed by atoms with van der Waals surface area (Å²) in [7, 11) is 3.42. The van der Waals surface area contributed by atoms with Crippen LogP contribution in [0.2, 0.25) is 0 Å². The number of aliphatic hydroxyl groups excluding tert-OH is 15. The fourth-order valence-electron chi connectivity index (χ4n) is 13.7. The second-order valence-electron chi connectivity index (χ2n) is 29.6. The smallest absolute Gasteiger partial charge is 0.311 e. The van der Waals surface area contributed by atoms with Crippen molar-refractivity contribution < 1.29 is 105 Å². The van der Waals surface area contributed by atoms with Crippen molar-refractivity contribution in [2.45, 2.75) is 352 Å². The third-order valence-electron chi connectivity index (χ3n) is 21.2. The number of rotatable bonds is 8. The number of esters is 1. The number of aliphatic hydroxyl groups is 16. The van der Waals surface area contributed by atoms with Crippen LogP contribution in [0.4, 0.5) is 0 Å². The van der Waals surface area contributed by atoms with Crippen LogP contribution in [0.5, 0.6) is 0 Å². The number of unbranched alkanes of at least 4 members (excludes halogenated alkanes) is 3. The van der Waals surface area contributed by atoms with E-state index in [2.05, 4.69) is 6.92 Å². The lowest BCUT2D eigenvalue weighted by Crippen LogP contribution is -2.64. The monoisotopic (exact) mass is 1360 g/mol. The molecule has 3 rings (SSSR count). The van der Waals surface area contributed by atoms with Crippen molar-refractivity contribution in [1.29, 1.82) is 0 Å². The number of likely N-dealkylation sites (N-methyl/N-ethyl adjacent to an activating group) is 1. The largest absolute Gasteiger partial charge is 0.458 e. The van der Waals surface area contributed by atoms with Crippen LogP contribution >= 0.6 is 0 Å². The Balaban J connectivity index is 1.85. The van der Waals surface area contributed by atoms with Crippen molar-refractivity contribution in [3.05, 3.63) is 47.6 Å². The van der Waals surface area contributed by atoms with E-state index in [0.29, 0.717) is 56.1 Å². The maximum atomic E-state index is 13.8. The van der Waals surface area contributed by atoms with Crippen molar-refractivity contribution in [2.24, 2.45) is 41.4 Å². The predicted molar refractivity (Wildman–Crippen MR) is 364 cm³/mol. The molecular weight excluding hydrogens is 1230 g/mol. The van der Waals surface area contributed by atoms with E-state index in [9.17, 15) is 86.5 Å². The molecule has 22 nitrogen and oxygen atoms in total. The van der Waals surface area contributed by atoms with Gasteiger partial charge < -0.3 is 106 Å². The van der Waals surface area contributed by atoms with E-state index in [1.165, 1.54) is 12.2 Å². The molecule has 16 N–H and O–H groups in total. The van der Waals surface area contributed by atoms with E-state index in [1.54, 1.807) is 91.8 Å². The number of fused-ring (bicyclic) bond motifs is 2. The number of hydrogen-bond acceptors (Lipinski definition) is 22. The van der Waals surface area contributed by atoms with Gasteiger partial charge in [-0.3, -0.25) is 4.79 Å². The number of nitrogens with zero attached hydrogens (tertiary/aromatic N) is 1. The van der Waals surface area contributed by atoms with Gasteiger partial charge in [0.1, 0.15) is 12.2 Å². The molecule has 0 spiro atoms. The third kappa shape index (κ3) is 29.6. The van der Waals surface area contributed by atoms with Gasteiger partial charge in [-0.15, -0.1) is 0 Å². The summed E-state index contributed by atoms with van der Waals surface area (Å²) in [5.41, 5.74) is 1.02. The summed E-state index contributed by atoms with van der Waals surface area (Å²) in [6, 6.07) is -0.772. The molecule has 2 bridgehead atoms. The Morgan fingerprint density at radius 1 is 0.589 bits per heavy atom. The topological polar surface area (TPSA) is 381 Å². The van der Waals surface area contributed by atoms with E-state index < -0.39 is 170 Å². The summed E-state index contributed by atoms with van der Waals surface area (Å²) in [5, 5.41) is 180. The van der Waals surface area contributed by atoms with Gasteiger partial charge >= 0.3 is 5.97 Å². The van der Waals surface area contributed by atoms with Gasteiger partial charge in [-0.25, -0.2) is 0 Å². The van der Waals surface area contributed by atoms with Crippen molar-refractivity contribution in [3.8, 4) is 0 Å². The molecule has 95 heavy (non-hydrogen) atoms. The lowest BCUT2D eigenvalue weighted by atomic mass is 9.80. The van der Waals surface area contributed by atoms with Gasteiger partial charge in [-0.05, 0) is 154 Å². The molecule has 0 amide bonds. The van der Waals surface area contributed by atoms with Crippen LogP contribution in [0.3, 0.4) is 0 Å². The Kier molecular flexibility index (Phi) is 39.7. The highest BCUT2D eigenvalue weighted by atomic mass is 16.7. The zero-order chi connectivity index (χ0) is 71.6. The maximum absolute atomic E-state index is 13.8. The molecule has 0 saturated carbocycles. The minimum Gasteiger partial charge on any atom is -0.458 e. The lowest BCUT2D eigenvalue weighted by molar-refractivity contribution is -0.351. The van der Waals surface area contributed by atoms with Crippen LogP contribution < -0.4 is 0 Å². The first-order chi connectivity index (χ1) is 44.5. The summed E-state index contributed by atoms with van der Waals surface area (Å²) in [4.78, 5) is 15.4. The highest BCUT2D eigenvalue weighted by molar-refractivity contribution is 5.71. The predicted octanol–water partition coefficient (Wildman–Crippen LogP) is 5.53. The molecular formula is C73H133NO21. The summed E-state index contributed by atoms with van der Waals surface area (Å²) in [5.74, 6) is -6.18. The fourth-order valence-corrected chi connectivity index (χ4v) is 13.7. The van der Waals surface area contributed by atoms with Crippen LogP contribution in [-0.4, -0.2) is 241 Å². The molecule has 3 heterocycles. The Labute approximate surface area is 568 Å². The molecule has 2 saturated heterocycles. The van der Waals surface area contributed by atoms with E-state index in [4.69, 9.17) is 18.9 Å².